The molecule has 1 atom stereocenters. The number of aliphatic carboxylic acids is 1. The van der Waals surface area contributed by atoms with Crippen molar-refractivity contribution in [1.82, 2.24) is 0 Å². The van der Waals surface area contributed by atoms with E-state index in [-0.39, 0.29) is 6.42 Å². The van der Waals surface area contributed by atoms with Crippen LogP contribution in [0, 0.1) is 13.8 Å². The van der Waals surface area contributed by atoms with Gasteiger partial charge >= 0.3 is 5.97 Å². The second-order valence-corrected chi connectivity index (χ2v) is 6.77. The molecular formula is C22H28O3. The van der Waals surface area contributed by atoms with Crippen molar-refractivity contribution in [1.29, 1.82) is 0 Å². The maximum Gasteiger partial charge on any atom is 0.303 e. The molecule has 0 spiro atoms. The van der Waals surface area contributed by atoms with Crippen molar-refractivity contribution in [2.75, 3.05) is 0 Å². The summed E-state index contributed by atoms with van der Waals surface area (Å²) in [6, 6.07) is 14.5. The molecule has 3 heteroatoms. The minimum atomic E-state index is -0.713. The van der Waals surface area contributed by atoms with E-state index in [0.717, 1.165) is 25.0 Å². The summed E-state index contributed by atoms with van der Waals surface area (Å²) < 4.78 is 6.02. The number of unbranched alkanes of at least 4 members (excludes halogenated alkanes) is 1. The van der Waals surface area contributed by atoms with E-state index in [1.807, 2.05) is 12.1 Å². The van der Waals surface area contributed by atoms with Crippen LogP contribution in [0.4, 0.5) is 0 Å². The molecule has 0 aromatic heterocycles. The topological polar surface area (TPSA) is 46.5 Å². The van der Waals surface area contributed by atoms with Crippen LogP contribution in [-0.4, -0.2) is 11.1 Å². The van der Waals surface area contributed by atoms with Crippen LogP contribution in [0.1, 0.15) is 60.8 Å². The number of ether oxygens (including phenoxy) is 1. The van der Waals surface area contributed by atoms with Gasteiger partial charge in [0.2, 0.25) is 0 Å². The molecule has 0 aliphatic heterocycles. The summed E-state index contributed by atoms with van der Waals surface area (Å²) in [5, 5.41) is 8.71. The Morgan fingerprint density at radius 1 is 1.08 bits per heavy atom. The summed E-state index contributed by atoms with van der Waals surface area (Å²) in [6.07, 6.45) is 2.92. The van der Waals surface area contributed by atoms with Crippen LogP contribution in [0.2, 0.25) is 0 Å². The van der Waals surface area contributed by atoms with Gasteiger partial charge in [-0.25, -0.2) is 0 Å². The first-order valence-corrected chi connectivity index (χ1v) is 8.97. The summed E-state index contributed by atoms with van der Waals surface area (Å²) >= 11 is 0. The van der Waals surface area contributed by atoms with Gasteiger partial charge < -0.3 is 9.84 Å². The fraction of sp³-hybridized carbons (Fsp3) is 0.409. The van der Waals surface area contributed by atoms with Gasteiger partial charge in [-0.15, -0.1) is 0 Å². The van der Waals surface area contributed by atoms with Gasteiger partial charge in [0, 0.05) is 6.42 Å². The largest absolute Gasteiger partial charge is 0.489 e. The van der Waals surface area contributed by atoms with E-state index in [0.29, 0.717) is 12.5 Å². The third-order valence-electron chi connectivity index (χ3n) is 4.73. The normalized spacial score (nSPS) is 12.0. The first-order valence-electron chi connectivity index (χ1n) is 8.97. The fourth-order valence-electron chi connectivity index (χ4n) is 3.04. The third kappa shape index (κ3) is 5.93. The van der Waals surface area contributed by atoms with Crippen LogP contribution in [-0.2, 0) is 11.4 Å². The molecular weight excluding hydrogens is 312 g/mol. The Morgan fingerprint density at radius 3 is 2.44 bits per heavy atom. The highest BCUT2D eigenvalue weighted by Gasteiger charge is 2.08. The van der Waals surface area contributed by atoms with E-state index >= 15 is 0 Å². The van der Waals surface area contributed by atoms with E-state index in [1.165, 1.54) is 22.3 Å². The molecule has 0 radical (unpaired) electrons. The Bertz CT molecular complexity index is 686. The first-order chi connectivity index (χ1) is 12.0. The highest BCUT2D eigenvalue weighted by molar-refractivity contribution is 5.66. The SMILES string of the molecule is Cc1cccc(C)c1COc1cccc(C(C)CCCCC(=O)O)c1. The van der Waals surface area contributed by atoms with Crippen LogP contribution in [0.3, 0.4) is 0 Å². The van der Waals surface area contributed by atoms with E-state index in [1.54, 1.807) is 0 Å². The van der Waals surface area contributed by atoms with Crippen molar-refractivity contribution in [3.63, 3.8) is 0 Å². The van der Waals surface area contributed by atoms with E-state index in [4.69, 9.17) is 9.84 Å². The standard InChI is InChI=1S/C22H28O3/c1-16(8-4-5-13-22(23)24)19-11-7-12-20(14-19)25-15-21-17(2)9-6-10-18(21)3/h6-7,9-12,14,16H,4-5,8,13,15H2,1-3H3,(H,23,24). The lowest BCUT2D eigenvalue weighted by Gasteiger charge is -2.15. The maximum atomic E-state index is 10.6. The zero-order valence-electron chi connectivity index (χ0n) is 15.4. The number of aryl methyl sites for hydroxylation is 2. The minimum absolute atomic E-state index is 0.256. The number of hydrogen-bond acceptors (Lipinski definition) is 2. The molecule has 1 N–H and O–H groups in total. The van der Waals surface area contributed by atoms with Crippen LogP contribution in [0.15, 0.2) is 42.5 Å². The van der Waals surface area contributed by atoms with Gasteiger partial charge in [-0.1, -0.05) is 43.7 Å². The van der Waals surface area contributed by atoms with Gasteiger partial charge in [0.25, 0.3) is 0 Å². The Hall–Kier alpha value is -2.29. The Balaban J connectivity index is 1.93. The van der Waals surface area contributed by atoms with E-state index < -0.39 is 5.97 Å². The van der Waals surface area contributed by atoms with Crippen LogP contribution < -0.4 is 4.74 Å². The minimum Gasteiger partial charge on any atom is -0.489 e. The smallest absolute Gasteiger partial charge is 0.303 e. The van der Waals surface area contributed by atoms with Gasteiger partial charge in [0.05, 0.1) is 0 Å². The highest BCUT2D eigenvalue weighted by Crippen LogP contribution is 2.26. The fourth-order valence-corrected chi connectivity index (χ4v) is 3.04. The molecule has 3 nitrogen and oxygen atoms in total. The van der Waals surface area contributed by atoms with Crippen molar-refractivity contribution in [3.8, 4) is 5.75 Å². The predicted molar refractivity (Wildman–Crippen MR) is 101 cm³/mol. The Labute approximate surface area is 150 Å². The zero-order valence-corrected chi connectivity index (χ0v) is 15.4. The number of benzene rings is 2. The molecule has 25 heavy (non-hydrogen) atoms. The summed E-state index contributed by atoms with van der Waals surface area (Å²) in [5.41, 5.74) is 5.00. The van der Waals surface area contributed by atoms with Crippen LogP contribution >= 0.6 is 0 Å². The number of carboxylic acids is 1. The van der Waals surface area contributed by atoms with Crippen molar-refractivity contribution in [3.05, 3.63) is 64.7 Å². The summed E-state index contributed by atoms with van der Waals surface area (Å²) in [5.74, 6) is 0.574. The summed E-state index contributed by atoms with van der Waals surface area (Å²) in [7, 11) is 0. The molecule has 0 aliphatic rings. The molecule has 2 rings (SSSR count). The lowest BCUT2D eigenvalue weighted by atomic mass is 9.95. The second kappa shape index (κ2) is 9.26. The molecule has 1 unspecified atom stereocenters. The van der Waals surface area contributed by atoms with Gasteiger partial charge in [-0.2, -0.15) is 0 Å². The maximum absolute atomic E-state index is 10.6. The molecule has 0 aliphatic carbocycles. The number of rotatable bonds is 9. The van der Waals surface area contributed by atoms with E-state index in [2.05, 4.69) is 51.1 Å². The zero-order chi connectivity index (χ0) is 18.2. The number of hydrogen-bond donors (Lipinski definition) is 1. The van der Waals surface area contributed by atoms with Gasteiger partial charge in [-0.3, -0.25) is 4.79 Å². The van der Waals surface area contributed by atoms with Gasteiger partial charge in [0.15, 0.2) is 0 Å². The van der Waals surface area contributed by atoms with Crippen molar-refractivity contribution >= 4 is 5.97 Å². The molecule has 2 aromatic rings. The first kappa shape index (κ1) is 19.0. The van der Waals surface area contributed by atoms with Gasteiger partial charge in [0.1, 0.15) is 12.4 Å². The molecule has 0 saturated carbocycles. The van der Waals surface area contributed by atoms with E-state index in [9.17, 15) is 4.79 Å². The van der Waals surface area contributed by atoms with Crippen LogP contribution in [0.25, 0.3) is 0 Å². The lowest BCUT2D eigenvalue weighted by Crippen LogP contribution is -2.01. The van der Waals surface area contributed by atoms with Crippen molar-refractivity contribution in [2.45, 2.75) is 59.0 Å². The average molecular weight is 340 g/mol. The van der Waals surface area contributed by atoms with Gasteiger partial charge in [-0.05, 0) is 67.0 Å². The predicted octanol–water partition coefficient (Wildman–Crippen LogP) is 5.63. The monoisotopic (exact) mass is 340 g/mol. The number of carboxylic acid groups (broad SMARTS) is 1. The molecule has 2 aromatic carbocycles. The molecule has 0 bridgehead atoms. The average Bonchev–Trinajstić information content (AvgIpc) is 2.58. The third-order valence-corrected chi connectivity index (χ3v) is 4.73. The summed E-state index contributed by atoms with van der Waals surface area (Å²) in [6.45, 7) is 6.99. The quantitative estimate of drug-likeness (QED) is 0.602. The summed E-state index contributed by atoms with van der Waals surface area (Å²) in [4.78, 5) is 10.6. The second-order valence-electron chi connectivity index (χ2n) is 6.77. The molecule has 134 valence electrons. The lowest BCUT2D eigenvalue weighted by molar-refractivity contribution is -0.137. The Morgan fingerprint density at radius 2 is 1.76 bits per heavy atom. The highest BCUT2D eigenvalue weighted by atomic mass is 16.5. The van der Waals surface area contributed by atoms with Crippen molar-refractivity contribution < 1.29 is 14.6 Å². The van der Waals surface area contributed by atoms with Crippen molar-refractivity contribution in [2.24, 2.45) is 0 Å². The molecule has 0 heterocycles. The Kier molecular flexibility index (Phi) is 7.05. The molecule has 0 saturated heterocycles. The number of carbonyl (C=O) groups is 1. The molecule has 0 fully saturated rings. The van der Waals surface area contributed by atoms with Crippen LogP contribution in [0.5, 0.6) is 5.75 Å². The molecule has 0 amide bonds.